The fourth-order valence-electron chi connectivity index (χ4n) is 2.63. The van der Waals surface area contributed by atoms with Crippen molar-refractivity contribution >= 4 is 40.4 Å². The third-order valence-corrected chi connectivity index (χ3v) is 5.01. The van der Waals surface area contributed by atoms with Crippen LogP contribution in [0, 0.1) is 5.82 Å². The van der Waals surface area contributed by atoms with Crippen LogP contribution in [-0.4, -0.2) is 27.1 Å². The number of carbonyl (C=O) groups excluding carboxylic acids is 1. The summed E-state index contributed by atoms with van der Waals surface area (Å²) in [5, 5.41) is 4.22. The fraction of sp³-hybridized carbons (Fsp3) is 0.0476. The third kappa shape index (κ3) is 4.41. The van der Waals surface area contributed by atoms with Crippen LogP contribution in [0.25, 0.3) is 23.2 Å². The first-order valence-corrected chi connectivity index (χ1v) is 9.66. The summed E-state index contributed by atoms with van der Waals surface area (Å²) in [7, 11) is 0. The highest BCUT2D eigenvalue weighted by atomic mass is 32.1. The Morgan fingerprint density at radius 1 is 1.10 bits per heavy atom. The van der Waals surface area contributed by atoms with Gasteiger partial charge in [0.15, 0.2) is 12.4 Å². The minimum absolute atomic E-state index is 0.195. The normalized spacial score (nSPS) is 12.1. The van der Waals surface area contributed by atoms with Crippen molar-refractivity contribution in [2.75, 3.05) is 6.61 Å². The highest BCUT2D eigenvalue weighted by molar-refractivity contribution is 7.15. The Morgan fingerprint density at radius 2 is 1.80 bits per heavy atom. The van der Waals surface area contributed by atoms with E-state index in [1.165, 1.54) is 28.0 Å². The van der Waals surface area contributed by atoms with Gasteiger partial charge in [-0.3, -0.25) is 9.59 Å². The molecule has 9 heteroatoms. The lowest BCUT2D eigenvalue weighted by atomic mass is 10.2. The molecule has 0 radical (unpaired) electrons. The zero-order chi connectivity index (χ0) is 21.1. The van der Waals surface area contributed by atoms with Gasteiger partial charge < -0.3 is 10.5 Å². The van der Waals surface area contributed by atoms with Crippen molar-refractivity contribution in [3.8, 4) is 5.75 Å². The maximum atomic E-state index is 13.0. The van der Waals surface area contributed by atoms with E-state index in [1.54, 1.807) is 54.6 Å². The molecule has 2 heterocycles. The number of carbonyl (C=O) groups is 1. The van der Waals surface area contributed by atoms with Crippen LogP contribution in [0.15, 0.2) is 53.3 Å². The lowest BCUT2D eigenvalue weighted by Crippen LogP contribution is -2.23. The van der Waals surface area contributed by atoms with E-state index in [4.69, 9.17) is 10.5 Å². The summed E-state index contributed by atoms with van der Waals surface area (Å²) in [5.74, 6) is 0.0436. The maximum Gasteiger partial charge on any atom is 0.291 e. The number of hydrogen-bond donors (Lipinski definition) is 1. The second kappa shape index (κ2) is 8.26. The number of primary amides is 1. The molecule has 0 aliphatic heterocycles. The minimum atomic E-state index is -0.553. The van der Waals surface area contributed by atoms with Crippen molar-refractivity contribution in [2.45, 2.75) is 0 Å². The maximum absolute atomic E-state index is 13.0. The number of hydrogen-bond acceptors (Lipinski definition) is 6. The summed E-state index contributed by atoms with van der Waals surface area (Å²) in [6.45, 7) is -0.195. The number of halogens is 1. The highest BCUT2D eigenvalue weighted by Crippen LogP contribution is 2.13. The number of ether oxygens (including phenoxy) is 1. The summed E-state index contributed by atoms with van der Waals surface area (Å²) in [4.78, 5) is 28.2. The molecule has 7 nitrogen and oxygen atoms in total. The molecule has 0 spiro atoms. The van der Waals surface area contributed by atoms with E-state index >= 15 is 0 Å². The average Bonchev–Trinajstić information content (AvgIpc) is 3.26. The molecule has 150 valence electrons. The lowest BCUT2D eigenvalue weighted by Gasteiger charge is -2.03. The van der Waals surface area contributed by atoms with Gasteiger partial charge in [0.05, 0.1) is 4.53 Å². The number of nitrogens with two attached hydrogens (primary N) is 1. The van der Waals surface area contributed by atoms with Crippen molar-refractivity contribution in [1.82, 2.24) is 14.6 Å². The molecule has 2 aromatic heterocycles. The van der Waals surface area contributed by atoms with Crippen LogP contribution in [-0.2, 0) is 4.79 Å². The van der Waals surface area contributed by atoms with Crippen LogP contribution in [0.5, 0.6) is 5.75 Å². The van der Waals surface area contributed by atoms with E-state index in [1.807, 2.05) is 0 Å². The predicted octanol–water partition coefficient (Wildman–Crippen LogP) is 1.87. The van der Waals surface area contributed by atoms with Crippen molar-refractivity contribution in [3.05, 3.63) is 86.2 Å². The number of fused-ring (bicyclic) bond motifs is 1. The molecule has 4 rings (SSSR count). The first kappa shape index (κ1) is 19.5. The third-order valence-electron chi connectivity index (χ3n) is 4.05. The van der Waals surface area contributed by atoms with Crippen LogP contribution in [0.3, 0.4) is 0 Å². The molecule has 2 aromatic carbocycles. The van der Waals surface area contributed by atoms with Gasteiger partial charge in [-0.2, -0.15) is 9.50 Å². The molecule has 0 unspecified atom stereocenters. The summed E-state index contributed by atoms with van der Waals surface area (Å²) in [5.41, 5.74) is 6.37. The topological polar surface area (TPSA) is 99.6 Å². The first-order chi connectivity index (χ1) is 14.5. The Balaban J connectivity index is 1.55. The van der Waals surface area contributed by atoms with Crippen LogP contribution >= 0.6 is 11.3 Å². The number of rotatable bonds is 6. The molecule has 0 saturated carbocycles. The second-order valence-corrected chi connectivity index (χ2v) is 7.30. The molecular weight excluding hydrogens is 407 g/mol. The Morgan fingerprint density at radius 3 is 2.47 bits per heavy atom. The van der Waals surface area contributed by atoms with Crippen LogP contribution in [0.1, 0.15) is 17.0 Å². The second-order valence-electron chi connectivity index (χ2n) is 6.29. The Kier molecular flexibility index (Phi) is 5.36. The monoisotopic (exact) mass is 422 g/mol. The number of amides is 1. The van der Waals surface area contributed by atoms with Gasteiger partial charge in [0, 0.05) is 0 Å². The SMILES string of the molecule is NC(=O)COc1ccc(C=c2sc3nc(C=Cc4ccc(F)cc4)nn3c2=O)cc1. The van der Waals surface area contributed by atoms with E-state index in [0.717, 1.165) is 11.1 Å². The number of thiazole rings is 1. The molecule has 0 atom stereocenters. The van der Waals surface area contributed by atoms with Gasteiger partial charge >= 0.3 is 0 Å². The Hall–Kier alpha value is -3.85. The van der Waals surface area contributed by atoms with Gasteiger partial charge in [0.1, 0.15) is 11.6 Å². The van der Waals surface area contributed by atoms with Gasteiger partial charge in [-0.1, -0.05) is 41.7 Å². The number of aromatic nitrogens is 3. The number of benzene rings is 2. The molecule has 4 aromatic rings. The van der Waals surface area contributed by atoms with Crippen LogP contribution in [0.4, 0.5) is 4.39 Å². The summed E-state index contributed by atoms with van der Waals surface area (Å²) in [6, 6.07) is 12.9. The Bertz CT molecular complexity index is 1340. The minimum Gasteiger partial charge on any atom is -0.484 e. The van der Waals surface area contributed by atoms with Crippen molar-refractivity contribution in [2.24, 2.45) is 5.73 Å². The predicted molar refractivity (Wildman–Crippen MR) is 112 cm³/mol. The molecule has 1 amide bonds. The molecule has 0 aliphatic rings. The van der Waals surface area contributed by atoms with Gasteiger partial charge in [-0.05, 0) is 47.5 Å². The van der Waals surface area contributed by atoms with E-state index in [9.17, 15) is 14.0 Å². The average molecular weight is 422 g/mol. The number of nitrogens with zero attached hydrogens (tertiary/aromatic N) is 3. The lowest BCUT2D eigenvalue weighted by molar-refractivity contribution is -0.119. The largest absolute Gasteiger partial charge is 0.484 e. The zero-order valence-corrected chi connectivity index (χ0v) is 16.3. The van der Waals surface area contributed by atoms with Gasteiger partial charge in [-0.25, -0.2) is 4.39 Å². The quantitative estimate of drug-likeness (QED) is 0.511. The van der Waals surface area contributed by atoms with Crippen LogP contribution in [0.2, 0.25) is 0 Å². The van der Waals surface area contributed by atoms with Crippen LogP contribution < -0.4 is 20.6 Å². The van der Waals surface area contributed by atoms with Crippen molar-refractivity contribution in [1.29, 1.82) is 0 Å². The van der Waals surface area contributed by atoms with Gasteiger partial charge in [0.25, 0.3) is 11.5 Å². The highest BCUT2D eigenvalue weighted by Gasteiger charge is 2.09. The van der Waals surface area contributed by atoms with E-state index in [0.29, 0.717) is 21.1 Å². The Labute approximate surface area is 173 Å². The fourth-order valence-corrected chi connectivity index (χ4v) is 3.55. The van der Waals surface area contributed by atoms with Crippen molar-refractivity contribution < 1.29 is 13.9 Å². The van der Waals surface area contributed by atoms with Crippen molar-refractivity contribution in [3.63, 3.8) is 0 Å². The molecule has 30 heavy (non-hydrogen) atoms. The molecule has 2 N–H and O–H groups in total. The van der Waals surface area contributed by atoms with Gasteiger partial charge in [-0.15, -0.1) is 5.10 Å². The molecule has 0 saturated heterocycles. The molecular formula is C21H15FN4O3S. The summed E-state index contributed by atoms with van der Waals surface area (Å²) in [6.07, 6.45) is 5.15. The first-order valence-electron chi connectivity index (χ1n) is 8.84. The van der Waals surface area contributed by atoms with Gasteiger partial charge in [0.2, 0.25) is 4.96 Å². The smallest absolute Gasteiger partial charge is 0.291 e. The van der Waals surface area contributed by atoms with E-state index in [2.05, 4.69) is 10.1 Å². The zero-order valence-electron chi connectivity index (χ0n) is 15.5. The molecule has 0 aliphatic carbocycles. The molecule has 0 fully saturated rings. The molecule has 0 bridgehead atoms. The summed E-state index contributed by atoms with van der Waals surface area (Å²) >= 11 is 1.23. The standard InChI is InChI=1S/C21H15FN4O3S/c22-15-6-1-13(2-7-15)5-10-19-24-21-26(25-19)20(28)17(30-21)11-14-3-8-16(9-4-14)29-12-18(23)27/h1-11H,12H2,(H2,23,27). The van der Waals surface area contributed by atoms with E-state index in [-0.39, 0.29) is 18.0 Å². The van der Waals surface area contributed by atoms with E-state index < -0.39 is 5.91 Å². The summed E-state index contributed by atoms with van der Waals surface area (Å²) < 4.78 is 19.9.